The highest BCUT2D eigenvalue weighted by Gasteiger charge is 2.21. The lowest BCUT2D eigenvalue weighted by molar-refractivity contribution is -0.318. The molecule has 0 aromatic rings. The highest BCUT2D eigenvalue weighted by Crippen LogP contribution is 1.90. The third-order valence-corrected chi connectivity index (χ3v) is 1.60. The first kappa shape index (κ1) is 19.0. The van der Waals surface area contributed by atoms with Crippen molar-refractivity contribution in [2.75, 3.05) is 13.2 Å². The summed E-state index contributed by atoms with van der Waals surface area (Å²) < 4.78 is 0. The summed E-state index contributed by atoms with van der Waals surface area (Å²) in [6, 6.07) is 0. The van der Waals surface area contributed by atoms with Gasteiger partial charge in [0.25, 0.3) is 0 Å². The third-order valence-electron chi connectivity index (χ3n) is 1.60. The van der Waals surface area contributed by atoms with E-state index in [1.807, 2.05) is 0 Å². The third kappa shape index (κ3) is 7.89. The van der Waals surface area contributed by atoms with Crippen LogP contribution in [-0.4, -0.2) is 85.3 Å². The minimum Gasteiger partial charge on any atom is -0.547 e. The smallest absolute Gasteiger partial charge is 0.335 e. The van der Waals surface area contributed by atoms with Crippen LogP contribution in [0.2, 0.25) is 0 Å². The van der Waals surface area contributed by atoms with Crippen LogP contribution in [0.3, 0.4) is 0 Å². The molecule has 0 amide bonds. The molecule has 4 atom stereocenters. The molecule has 0 aromatic carbocycles. The van der Waals surface area contributed by atoms with Gasteiger partial charge in [0.05, 0.1) is 19.2 Å². The molecule has 0 fully saturated rings. The molecule has 0 radical (unpaired) electrons. The van der Waals surface area contributed by atoms with E-state index in [4.69, 9.17) is 35.7 Å². The molecule has 0 saturated heterocycles. The molecule has 10 nitrogen and oxygen atoms in total. The zero-order valence-electron chi connectivity index (χ0n) is 9.08. The maximum atomic E-state index is 9.78. The number of hydrogen-bond donors (Lipinski definition) is 7. The number of aliphatic hydroxyl groups is 6. The zero-order chi connectivity index (χ0) is 14.9. The average molecular weight is 283 g/mol. The van der Waals surface area contributed by atoms with Gasteiger partial charge in [-0.15, -0.1) is 0 Å². The standard InChI is InChI=1S/2C4H8O5.6H2/c2*5-1-2(6)3(7)4(8)9;;;;;;/h2*2-3,5-7H,1H2,(H,8,9);6*1H/p-1/t2*2-,3+;;;;;;/m00....../s1. The van der Waals surface area contributed by atoms with E-state index in [0.29, 0.717) is 0 Å². The van der Waals surface area contributed by atoms with E-state index < -0.39 is 49.6 Å². The Labute approximate surface area is 110 Å². The molecule has 120 valence electrons. The molecule has 0 rings (SSSR count). The van der Waals surface area contributed by atoms with Crippen molar-refractivity contribution in [1.29, 1.82) is 0 Å². The van der Waals surface area contributed by atoms with Crippen molar-refractivity contribution >= 4 is 11.9 Å². The van der Waals surface area contributed by atoms with Gasteiger partial charge in [-0.3, -0.25) is 0 Å². The lowest BCUT2D eigenvalue weighted by Gasteiger charge is -2.15. The summed E-state index contributed by atoms with van der Waals surface area (Å²) in [6.45, 7) is -1.55. The van der Waals surface area contributed by atoms with Crippen molar-refractivity contribution in [2.45, 2.75) is 24.4 Å². The van der Waals surface area contributed by atoms with Crippen molar-refractivity contribution in [3.63, 3.8) is 0 Å². The van der Waals surface area contributed by atoms with E-state index in [2.05, 4.69) is 0 Å². The fourth-order valence-electron chi connectivity index (χ4n) is 0.521. The SMILES string of the molecule is O=C(O)[C@H](O)[C@@H](O)CO.O=C([O-])[C@H](O)[C@@H](O)CO.[HH].[HH].[HH].[HH].[HH].[HH]. The van der Waals surface area contributed by atoms with Gasteiger partial charge in [0, 0.05) is 8.56 Å². The Morgan fingerprint density at radius 1 is 0.944 bits per heavy atom. The Morgan fingerprint density at radius 3 is 1.39 bits per heavy atom. The molecule has 0 aliphatic carbocycles. The predicted molar refractivity (Wildman–Crippen MR) is 63.5 cm³/mol. The van der Waals surface area contributed by atoms with E-state index in [0.717, 1.165) is 0 Å². The van der Waals surface area contributed by atoms with Gasteiger partial charge in [0.15, 0.2) is 6.10 Å². The van der Waals surface area contributed by atoms with Gasteiger partial charge in [0.1, 0.15) is 18.3 Å². The molecule has 0 spiro atoms. The predicted octanol–water partition coefficient (Wildman–Crippen LogP) is -4.29. The fourth-order valence-corrected chi connectivity index (χ4v) is 0.521. The van der Waals surface area contributed by atoms with Crippen LogP contribution in [0.25, 0.3) is 0 Å². The summed E-state index contributed by atoms with van der Waals surface area (Å²) in [5.74, 6) is -3.34. The Balaban J connectivity index is -0.0000000284. The first-order valence-electron chi connectivity index (χ1n) is 4.56. The molecular formula is C8H27O10-. The number of hydrogen-bond acceptors (Lipinski definition) is 9. The summed E-state index contributed by atoms with van der Waals surface area (Å²) in [7, 11) is 0. The summed E-state index contributed by atoms with van der Waals surface area (Å²) in [5.41, 5.74) is 0. The van der Waals surface area contributed by atoms with Gasteiger partial charge in [-0.05, 0) is 0 Å². The second kappa shape index (κ2) is 9.70. The Hall–Kier alpha value is -1.30. The van der Waals surface area contributed by atoms with Crippen molar-refractivity contribution in [3.8, 4) is 0 Å². The molecule has 0 aliphatic heterocycles. The molecule has 7 N–H and O–H groups in total. The van der Waals surface area contributed by atoms with E-state index >= 15 is 0 Å². The number of carboxylic acids is 2. The zero-order valence-corrected chi connectivity index (χ0v) is 9.08. The number of aliphatic hydroxyl groups excluding tert-OH is 6. The van der Waals surface area contributed by atoms with Crippen molar-refractivity contribution in [1.82, 2.24) is 0 Å². The van der Waals surface area contributed by atoms with E-state index in [1.165, 1.54) is 0 Å². The second-order valence-corrected chi connectivity index (χ2v) is 3.05. The average Bonchev–Trinajstić information content (AvgIpc) is 2.35. The van der Waals surface area contributed by atoms with Gasteiger partial charge in [-0.1, -0.05) is 0 Å². The molecule has 0 unspecified atom stereocenters. The molecule has 0 heterocycles. The van der Waals surface area contributed by atoms with Crippen LogP contribution in [-0.2, 0) is 9.59 Å². The topological polar surface area (TPSA) is 199 Å². The highest BCUT2D eigenvalue weighted by molar-refractivity contribution is 5.72. The molecule has 10 heteroatoms. The Morgan fingerprint density at radius 2 is 1.28 bits per heavy atom. The van der Waals surface area contributed by atoms with E-state index in [1.54, 1.807) is 0 Å². The van der Waals surface area contributed by atoms with Crippen LogP contribution >= 0.6 is 0 Å². The maximum Gasteiger partial charge on any atom is 0.335 e. The highest BCUT2D eigenvalue weighted by atomic mass is 16.4. The molecule has 0 bridgehead atoms. The molecule has 0 aromatic heterocycles. The van der Waals surface area contributed by atoms with Gasteiger partial charge in [-0.25, -0.2) is 4.79 Å². The first-order valence-corrected chi connectivity index (χ1v) is 4.56. The Bertz CT molecular complexity index is 248. The van der Waals surface area contributed by atoms with Crippen LogP contribution in [0.15, 0.2) is 0 Å². The minimum absolute atomic E-state index is 0. The first-order chi connectivity index (χ1) is 8.18. The molecule has 18 heavy (non-hydrogen) atoms. The van der Waals surface area contributed by atoms with Crippen LogP contribution in [0.5, 0.6) is 0 Å². The fraction of sp³-hybridized carbons (Fsp3) is 0.750. The van der Waals surface area contributed by atoms with E-state index in [9.17, 15) is 14.7 Å². The monoisotopic (exact) mass is 283 g/mol. The van der Waals surface area contributed by atoms with E-state index in [-0.39, 0.29) is 8.56 Å². The van der Waals surface area contributed by atoms with Crippen molar-refractivity contribution in [3.05, 3.63) is 0 Å². The number of carboxylic acid groups (broad SMARTS) is 2. The number of carbonyl (C=O) groups is 2. The number of rotatable bonds is 6. The molecule has 0 aliphatic rings. The lowest BCUT2D eigenvalue weighted by atomic mass is 10.2. The van der Waals surface area contributed by atoms with Gasteiger partial charge in [0.2, 0.25) is 0 Å². The summed E-state index contributed by atoms with van der Waals surface area (Å²) in [5, 5.41) is 67.3. The van der Waals surface area contributed by atoms with Crippen LogP contribution < -0.4 is 5.11 Å². The van der Waals surface area contributed by atoms with Crippen molar-refractivity contribution < 1.29 is 59.0 Å². The molecular weight excluding hydrogens is 256 g/mol. The van der Waals surface area contributed by atoms with Crippen LogP contribution in [0, 0.1) is 0 Å². The van der Waals surface area contributed by atoms with Crippen molar-refractivity contribution in [2.24, 2.45) is 0 Å². The number of aliphatic carboxylic acids is 2. The summed E-state index contributed by atoms with van der Waals surface area (Å²) in [6.07, 6.45) is -7.15. The maximum absolute atomic E-state index is 9.78. The van der Waals surface area contributed by atoms with Gasteiger partial charge in [-0.2, -0.15) is 0 Å². The van der Waals surface area contributed by atoms with Crippen LogP contribution in [0.4, 0.5) is 0 Å². The largest absolute Gasteiger partial charge is 0.547 e. The quantitative estimate of drug-likeness (QED) is 0.250. The van der Waals surface area contributed by atoms with Gasteiger partial charge < -0.3 is 45.6 Å². The number of carbonyl (C=O) groups excluding carboxylic acids is 1. The minimum atomic E-state index is -2.00. The summed E-state index contributed by atoms with van der Waals surface area (Å²) >= 11 is 0. The summed E-state index contributed by atoms with van der Waals surface area (Å²) in [4.78, 5) is 19.4. The second-order valence-electron chi connectivity index (χ2n) is 3.05. The lowest BCUT2D eigenvalue weighted by Crippen LogP contribution is -2.44. The van der Waals surface area contributed by atoms with Crippen LogP contribution in [0.1, 0.15) is 8.56 Å². The van der Waals surface area contributed by atoms with Gasteiger partial charge >= 0.3 is 5.97 Å². The normalized spacial score (nSPS) is 16.8. The molecule has 0 saturated carbocycles. The Kier molecular flexibility index (Phi) is 10.3.